The lowest BCUT2D eigenvalue weighted by atomic mass is 10.1. The molecule has 1 saturated heterocycles. The Balaban J connectivity index is 1.45. The molecule has 1 aliphatic heterocycles. The zero-order valence-corrected chi connectivity index (χ0v) is 18.7. The summed E-state index contributed by atoms with van der Waals surface area (Å²) in [6.45, 7) is 1.67. The molecule has 8 heteroatoms. The fourth-order valence-electron chi connectivity index (χ4n) is 4.22. The van der Waals surface area contributed by atoms with Crippen molar-refractivity contribution in [3.63, 3.8) is 0 Å². The number of benzene rings is 2. The van der Waals surface area contributed by atoms with Gasteiger partial charge < -0.3 is 9.88 Å². The second-order valence-electron chi connectivity index (χ2n) is 8.21. The van der Waals surface area contributed by atoms with E-state index in [1.165, 1.54) is 5.39 Å². The van der Waals surface area contributed by atoms with Crippen molar-refractivity contribution in [3.8, 4) is 11.3 Å². The van der Waals surface area contributed by atoms with Crippen LogP contribution in [0, 0.1) is 0 Å². The number of aromatic amines is 1. The molecule has 3 heterocycles. The summed E-state index contributed by atoms with van der Waals surface area (Å²) in [7, 11) is -1.55. The van der Waals surface area contributed by atoms with Gasteiger partial charge in [-0.1, -0.05) is 42.5 Å². The number of sulfonamides is 1. The zero-order valence-electron chi connectivity index (χ0n) is 17.8. The molecule has 0 bridgehead atoms. The minimum Gasteiger partial charge on any atom is -0.341 e. The number of imidazole rings is 1. The van der Waals surface area contributed by atoms with Gasteiger partial charge in [0.2, 0.25) is 10.0 Å². The van der Waals surface area contributed by atoms with E-state index in [-0.39, 0.29) is 11.8 Å². The van der Waals surface area contributed by atoms with Crippen molar-refractivity contribution in [1.82, 2.24) is 24.2 Å². The Labute approximate surface area is 187 Å². The Hall–Kier alpha value is -3.07. The van der Waals surface area contributed by atoms with Gasteiger partial charge in [0, 0.05) is 31.4 Å². The molecule has 1 unspecified atom stereocenters. The standard InChI is InChI=1S/C24H25N5O2S/c1-28-12-13-29(32(30,31)17-21-8-4-5-11-25-21)23(16-28)24-26-15-22(27-24)20-10-9-18-6-2-3-7-19(18)14-20/h2-11,14-15,23H,12-13,16-17H2,1H3,(H,26,27). The summed E-state index contributed by atoms with van der Waals surface area (Å²) in [6, 6.07) is 19.4. The molecule has 2 aromatic heterocycles. The maximum absolute atomic E-state index is 13.3. The van der Waals surface area contributed by atoms with E-state index in [4.69, 9.17) is 0 Å². The van der Waals surface area contributed by atoms with Crippen LogP contribution in [0.2, 0.25) is 0 Å². The number of likely N-dealkylation sites (N-methyl/N-ethyl adjacent to an activating group) is 1. The average molecular weight is 448 g/mol. The van der Waals surface area contributed by atoms with E-state index >= 15 is 0 Å². The third-order valence-corrected chi connectivity index (χ3v) is 7.73. The highest BCUT2D eigenvalue weighted by Gasteiger charge is 2.37. The quantitative estimate of drug-likeness (QED) is 0.507. The number of nitrogens with zero attached hydrogens (tertiary/aromatic N) is 4. The number of hydrogen-bond donors (Lipinski definition) is 1. The minimum atomic E-state index is -3.56. The number of aromatic nitrogens is 3. The van der Waals surface area contributed by atoms with Crippen LogP contribution in [0.15, 0.2) is 73.1 Å². The average Bonchev–Trinajstić information content (AvgIpc) is 3.29. The predicted octanol–water partition coefficient (Wildman–Crippen LogP) is 3.44. The van der Waals surface area contributed by atoms with Crippen LogP contribution in [-0.2, 0) is 15.8 Å². The third-order valence-electron chi connectivity index (χ3n) is 5.92. The first-order valence-electron chi connectivity index (χ1n) is 10.6. The molecular formula is C24H25N5O2S. The molecule has 0 radical (unpaired) electrons. The number of hydrogen-bond acceptors (Lipinski definition) is 5. The highest BCUT2D eigenvalue weighted by molar-refractivity contribution is 7.88. The number of rotatable bonds is 5. The Bertz CT molecular complexity index is 1340. The van der Waals surface area contributed by atoms with E-state index in [0.29, 0.717) is 31.2 Å². The van der Waals surface area contributed by atoms with Gasteiger partial charge in [-0.05, 0) is 36.0 Å². The van der Waals surface area contributed by atoms with E-state index < -0.39 is 10.0 Å². The van der Waals surface area contributed by atoms with Crippen molar-refractivity contribution in [2.24, 2.45) is 0 Å². The first-order chi connectivity index (χ1) is 15.5. The molecular weight excluding hydrogens is 422 g/mol. The molecule has 0 spiro atoms. The van der Waals surface area contributed by atoms with Crippen LogP contribution in [-0.4, -0.2) is 59.3 Å². The molecule has 1 aliphatic rings. The Morgan fingerprint density at radius 2 is 1.81 bits per heavy atom. The Kier molecular flexibility index (Phi) is 5.50. The first kappa shape index (κ1) is 20.8. The van der Waals surface area contributed by atoms with Gasteiger partial charge in [0.15, 0.2) is 0 Å². The van der Waals surface area contributed by atoms with Crippen LogP contribution in [0.1, 0.15) is 17.6 Å². The maximum atomic E-state index is 13.3. The number of piperazine rings is 1. The summed E-state index contributed by atoms with van der Waals surface area (Å²) >= 11 is 0. The lowest BCUT2D eigenvalue weighted by molar-refractivity contribution is 0.155. The van der Waals surface area contributed by atoms with Gasteiger partial charge in [0.05, 0.1) is 23.6 Å². The number of pyridine rings is 1. The molecule has 7 nitrogen and oxygen atoms in total. The molecule has 32 heavy (non-hydrogen) atoms. The monoisotopic (exact) mass is 447 g/mol. The van der Waals surface area contributed by atoms with Gasteiger partial charge in [0.1, 0.15) is 11.6 Å². The van der Waals surface area contributed by atoms with Crippen molar-refractivity contribution in [2.75, 3.05) is 26.7 Å². The molecule has 0 aliphatic carbocycles. The molecule has 1 N–H and O–H groups in total. The SMILES string of the molecule is CN1CCN(S(=O)(=O)Cc2ccccn2)C(c2ncc(-c3ccc4ccccc4c3)[nH]2)C1. The van der Waals surface area contributed by atoms with Gasteiger partial charge in [0.25, 0.3) is 0 Å². The van der Waals surface area contributed by atoms with Gasteiger partial charge >= 0.3 is 0 Å². The van der Waals surface area contributed by atoms with Crippen molar-refractivity contribution < 1.29 is 8.42 Å². The number of fused-ring (bicyclic) bond motifs is 1. The fraction of sp³-hybridized carbons (Fsp3) is 0.250. The molecule has 5 rings (SSSR count). The topological polar surface area (TPSA) is 82.2 Å². The molecule has 0 amide bonds. The van der Waals surface area contributed by atoms with Crippen molar-refractivity contribution in [1.29, 1.82) is 0 Å². The summed E-state index contributed by atoms with van der Waals surface area (Å²) in [5.74, 6) is 0.538. The van der Waals surface area contributed by atoms with Crippen LogP contribution in [0.4, 0.5) is 0 Å². The summed E-state index contributed by atoms with van der Waals surface area (Å²) < 4.78 is 28.2. The molecule has 4 aromatic rings. The maximum Gasteiger partial charge on any atom is 0.220 e. The van der Waals surface area contributed by atoms with E-state index in [0.717, 1.165) is 16.6 Å². The fourth-order valence-corrected chi connectivity index (χ4v) is 5.85. The van der Waals surface area contributed by atoms with E-state index in [2.05, 4.69) is 50.2 Å². The Morgan fingerprint density at radius 3 is 2.62 bits per heavy atom. The largest absolute Gasteiger partial charge is 0.341 e. The van der Waals surface area contributed by atoms with Crippen LogP contribution >= 0.6 is 0 Å². The number of nitrogens with one attached hydrogen (secondary N) is 1. The number of H-pyrrole nitrogens is 1. The summed E-state index contributed by atoms with van der Waals surface area (Å²) in [6.07, 6.45) is 3.41. The second kappa shape index (κ2) is 8.46. The molecule has 0 saturated carbocycles. The normalized spacial score (nSPS) is 18.2. The summed E-state index contributed by atoms with van der Waals surface area (Å²) in [4.78, 5) is 14.3. The van der Waals surface area contributed by atoms with Gasteiger partial charge in [-0.3, -0.25) is 4.98 Å². The van der Waals surface area contributed by atoms with E-state index in [9.17, 15) is 8.42 Å². The van der Waals surface area contributed by atoms with Crippen LogP contribution in [0.25, 0.3) is 22.0 Å². The molecule has 1 fully saturated rings. The lowest BCUT2D eigenvalue weighted by Gasteiger charge is -2.38. The van der Waals surface area contributed by atoms with E-state index in [1.807, 2.05) is 25.2 Å². The smallest absolute Gasteiger partial charge is 0.220 e. The zero-order chi connectivity index (χ0) is 22.1. The van der Waals surface area contributed by atoms with E-state index in [1.54, 1.807) is 28.8 Å². The summed E-state index contributed by atoms with van der Waals surface area (Å²) in [5.41, 5.74) is 2.44. The molecule has 2 aromatic carbocycles. The molecule has 164 valence electrons. The van der Waals surface area contributed by atoms with Crippen molar-refractivity contribution >= 4 is 20.8 Å². The highest BCUT2D eigenvalue weighted by atomic mass is 32.2. The van der Waals surface area contributed by atoms with Gasteiger partial charge in [-0.15, -0.1) is 0 Å². The molecule has 1 atom stereocenters. The van der Waals surface area contributed by atoms with Crippen molar-refractivity contribution in [2.45, 2.75) is 11.8 Å². The summed E-state index contributed by atoms with van der Waals surface area (Å²) in [5, 5.41) is 2.33. The third kappa shape index (κ3) is 4.17. The first-order valence-corrected chi connectivity index (χ1v) is 12.2. The highest BCUT2D eigenvalue weighted by Crippen LogP contribution is 2.30. The van der Waals surface area contributed by atoms with Crippen LogP contribution in [0.5, 0.6) is 0 Å². The van der Waals surface area contributed by atoms with Crippen molar-refractivity contribution in [3.05, 3.63) is 84.6 Å². The van der Waals surface area contributed by atoms with Gasteiger partial charge in [-0.25, -0.2) is 13.4 Å². The Morgan fingerprint density at radius 1 is 1.00 bits per heavy atom. The minimum absolute atomic E-state index is 0.119. The van der Waals surface area contributed by atoms with Crippen LogP contribution in [0.3, 0.4) is 0 Å². The van der Waals surface area contributed by atoms with Gasteiger partial charge in [-0.2, -0.15) is 4.31 Å². The lowest BCUT2D eigenvalue weighted by Crippen LogP contribution is -2.49. The van der Waals surface area contributed by atoms with Crippen LogP contribution < -0.4 is 0 Å². The predicted molar refractivity (Wildman–Crippen MR) is 125 cm³/mol. The second-order valence-corrected chi connectivity index (χ2v) is 10.1.